The van der Waals surface area contributed by atoms with Crippen molar-refractivity contribution in [1.29, 1.82) is 0 Å². The molecule has 1 fully saturated rings. The molecule has 7 heteroatoms. The van der Waals surface area contributed by atoms with E-state index in [-0.39, 0.29) is 11.7 Å². The molecule has 0 saturated carbocycles. The third-order valence-corrected chi connectivity index (χ3v) is 4.68. The molecule has 25 heavy (non-hydrogen) atoms. The number of anilines is 1. The maximum absolute atomic E-state index is 12.8. The average molecular weight is 334 g/mol. The zero-order valence-electron chi connectivity index (χ0n) is 13.9. The number of hydrogen-bond acceptors (Lipinski definition) is 4. The summed E-state index contributed by atoms with van der Waals surface area (Å²) >= 11 is 0. The summed E-state index contributed by atoms with van der Waals surface area (Å²) in [6, 6.07) is 9.45. The van der Waals surface area contributed by atoms with Crippen LogP contribution in [0.15, 0.2) is 41.3 Å². The molecule has 2 aromatic heterocycles. The number of aromatic nitrogens is 3. The molecule has 0 unspecified atom stereocenters. The van der Waals surface area contributed by atoms with Gasteiger partial charge in [-0.15, -0.1) is 0 Å². The standard InChI is InChI=1S/C18H18N6O/c1-20-14-6-4-3-5-12(14)9-24-16-15(23-10-13(19)11-23)7-8-21-17(16)22(2)18(24)25/h3-8,13H,9-11,19H2,2H3. The van der Waals surface area contributed by atoms with Crippen LogP contribution in [0.25, 0.3) is 16.0 Å². The van der Waals surface area contributed by atoms with E-state index in [2.05, 4.69) is 14.7 Å². The highest BCUT2D eigenvalue weighted by molar-refractivity contribution is 5.87. The molecule has 0 spiro atoms. The summed E-state index contributed by atoms with van der Waals surface area (Å²) in [4.78, 5) is 22.9. The van der Waals surface area contributed by atoms with E-state index in [1.165, 1.54) is 0 Å². The van der Waals surface area contributed by atoms with Crippen molar-refractivity contribution in [2.45, 2.75) is 12.6 Å². The number of aryl methyl sites for hydroxylation is 1. The van der Waals surface area contributed by atoms with Gasteiger partial charge in [0.1, 0.15) is 5.52 Å². The molecule has 1 saturated heterocycles. The summed E-state index contributed by atoms with van der Waals surface area (Å²) in [7, 11) is 1.72. The van der Waals surface area contributed by atoms with Crippen molar-refractivity contribution in [2.75, 3.05) is 18.0 Å². The van der Waals surface area contributed by atoms with Crippen LogP contribution in [0, 0.1) is 6.57 Å². The van der Waals surface area contributed by atoms with Crippen LogP contribution in [0.2, 0.25) is 0 Å². The number of nitrogens with two attached hydrogens (primary N) is 1. The van der Waals surface area contributed by atoms with E-state index < -0.39 is 0 Å². The first-order valence-corrected chi connectivity index (χ1v) is 8.10. The summed E-state index contributed by atoms with van der Waals surface area (Å²) < 4.78 is 3.25. The number of nitrogens with zero attached hydrogens (tertiary/aromatic N) is 5. The van der Waals surface area contributed by atoms with E-state index >= 15 is 0 Å². The normalized spacial score (nSPS) is 14.5. The van der Waals surface area contributed by atoms with Crippen LogP contribution in [0.5, 0.6) is 0 Å². The Hall–Kier alpha value is -3.11. The molecule has 0 aliphatic carbocycles. The number of rotatable bonds is 3. The minimum Gasteiger partial charge on any atom is -0.366 e. The van der Waals surface area contributed by atoms with Crippen molar-refractivity contribution < 1.29 is 0 Å². The minimum absolute atomic E-state index is 0.139. The third-order valence-electron chi connectivity index (χ3n) is 4.68. The Balaban J connectivity index is 1.90. The van der Waals surface area contributed by atoms with Gasteiger partial charge in [0.15, 0.2) is 11.3 Å². The van der Waals surface area contributed by atoms with Crippen LogP contribution >= 0.6 is 0 Å². The van der Waals surface area contributed by atoms with Crippen molar-refractivity contribution >= 4 is 22.5 Å². The van der Waals surface area contributed by atoms with E-state index in [0.717, 1.165) is 29.9 Å². The number of hydrogen-bond donors (Lipinski definition) is 1. The molecule has 7 nitrogen and oxygen atoms in total. The zero-order valence-corrected chi connectivity index (χ0v) is 13.9. The van der Waals surface area contributed by atoms with Gasteiger partial charge in [-0.1, -0.05) is 24.3 Å². The highest BCUT2D eigenvalue weighted by Gasteiger charge is 2.27. The quantitative estimate of drug-likeness (QED) is 0.737. The van der Waals surface area contributed by atoms with Gasteiger partial charge >= 0.3 is 5.69 Å². The molecule has 3 aromatic rings. The highest BCUT2D eigenvalue weighted by atomic mass is 16.1. The predicted molar refractivity (Wildman–Crippen MR) is 97.0 cm³/mol. The Morgan fingerprint density at radius 2 is 2.08 bits per heavy atom. The third kappa shape index (κ3) is 2.39. The monoisotopic (exact) mass is 334 g/mol. The summed E-state index contributed by atoms with van der Waals surface area (Å²) in [5, 5.41) is 0. The van der Waals surface area contributed by atoms with Gasteiger partial charge in [0.25, 0.3) is 0 Å². The summed E-state index contributed by atoms with van der Waals surface area (Å²) in [6.45, 7) is 9.21. The van der Waals surface area contributed by atoms with E-state index in [9.17, 15) is 4.79 Å². The van der Waals surface area contributed by atoms with Crippen molar-refractivity contribution in [3.8, 4) is 0 Å². The predicted octanol–water partition coefficient (Wildman–Crippen LogP) is 1.48. The van der Waals surface area contributed by atoms with E-state index in [4.69, 9.17) is 12.3 Å². The Morgan fingerprint density at radius 1 is 1.32 bits per heavy atom. The first-order chi connectivity index (χ1) is 12.1. The molecule has 1 aliphatic heterocycles. The molecule has 0 radical (unpaired) electrons. The lowest BCUT2D eigenvalue weighted by atomic mass is 10.1. The fraction of sp³-hybridized carbons (Fsp3) is 0.278. The number of pyridine rings is 1. The molecule has 4 rings (SSSR count). The summed E-state index contributed by atoms with van der Waals surface area (Å²) in [5.74, 6) is 0. The molecule has 1 aliphatic rings. The van der Waals surface area contributed by atoms with Crippen LogP contribution in [-0.2, 0) is 13.6 Å². The van der Waals surface area contributed by atoms with Gasteiger partial charge in [-0.05, 0) is 11.6 Å². The van der Waals surface area contributed by atoms with E-state index in [1.54, 1.807) is 28.4 Å². The number of imidazole rings is 1. The lowest BCUT2D eigenvalue weighted by Crippen LogP contribution is -2.56. The fourth-order valence-electron chi connectivity index (χ4n) is 3.34. The maximum atomic E-state index is 12.8. The Kier molecular flexibility index (Phi) is 3.55. The molecule has 126 valence electrons. The largest absolute Gasteiger partial charge is 0.366 e. The molecular formula is C18H18N6O. The second-order valence-corrected chi connectivity index (χ2v) is 6.34. The number of para-hydroxylation sites is 1. The molecule has 2 N–H and O–H groups in total. The second kappa shape index (κ2) is 5.76. The van der Waals surface area contributed by atoms with Gasteiger partial charge < -0.3 is 10.6 Å². The lowest BCUT2D eigenvalue weighted by Gasteiger charge is -2.39. The fourth-order valence-corrected chi connectivity index (χ4v) is 3.34. The van der Waals surface area contributed by atoms with Gasteiger partial charge in [-0.3, -0.25) is 9.13 Å². The molecule has 0 bridgehead atoms. The zero-order chi connectivity index (χ0) is 17.6. The van der Waals surface area contributed by atoms with Crippen LogP contribution in [0.1, 0.15) is 5.56 Å². The Labute approximate surface area is 144 Å². The summed E-state index contributed by atoms with van der Waals surface area (Å²) in [5.41, 5.74) is 9.56. The molecular weight excluding hydrogens is 316 g/mol. The molecule has 1 aromatic carbocycles. The number of benzene rings is 1. The van der Waals surface area contributed by atoms with Gasteiger partial charge in [-0.2, -0.15) is 0 Å². The summed E-state index contributed by atoms with van der Waals surface area (Å²) in [6.07, 6.45) is 1.72. The smallest absolute Gasteiger partial charge is 0.330 e. The van der Waals surface area contributed by atoms with E-state index in [1.807, 2.05) is 24.3 Å². The molecule has 0 amide bonds. The van der Waals surface area contributed by atoms with Crippen LogP contribution in [0.3, 0.4) is 0 Å². The van der Waals surface area contributed by atoms with Crippen molar-refractivity contribution in [3.05, 3.63) is 64.0 Å². The first-order valence-electron chi connectivity index (χ1n) is 8.10. The van der Waals surface area contributed by atoms with Gasteiger partial charge in [-0.25, -0.2) is 14.6 Å². The van der Waals surface area contributed by atoms with Crippen LogP contribution < -0.4 is 16.3 Å². The number of fused-ring (bicyclic) bond motifs is 1. The second-order valence-electron chi connectivity index (χ2n) is 6.34. The molecule has 0 atom stereocenters. The topological polar surface area (TPSA) is 73.4 Å². The molecule has 3 heterocycles. The van der Waals surface area contributed by atoms with Gasteiger partial charge in [0, 0.05) is 38.9 Å². The Morgan fingerprint density at radius 3 is 2.80 bits per heavy atom. The maximum Gasteiger partial charge on any atom is 0.330 e. The average Bonchev–Trinajstić information content (AvgIpc) is 2.85. The minimum atomic E-state index is -0.139. The van der Waals surface area contributed by atoms with Crippen LogP contribution in [-0.4, -0.2) is 33.2 Å². The van der Waals surface area contributed by atoms with Crippen molar-refractivity contribution in [3.63, 3.8) is 0 Å². The SMILES string of the molecule is [C-]#[N+]c1ccccc1Cn1c(=O)n(C)c2nccc(N3CC(N)C3)c21. The van der Waals surface area contributed by atoms with Crippen molar-refractivity contribution in [2.24, 2.45) is 12.8 Å². The van der Waals surface area contributed by atoms with Gasteiger partial charge in [0.2, 0.25) is 0 Å². The lowest BCUT2D eigenvalue weighted by molar-refractivity contribution is 0.520. The first kappa shape index (κ1) is 15.4. The Bertz CT molecular complexity index is 1050. The van der Waals surface area contributed by atoms with Crippen molar-refractivity contribution in [1.82, 2.24) is 14.1 Å². The van der Waals surface area contributed by atoms with E-state index in [0.29, 0.717) is 17.9 Å². The highest BCUT2D eigenvalue weighted by Crippen LogP contribution is 2.29. The van der Waals surface area contributed by atoms with Gasteiger partial charge in [0.05, 0.1) is 12.3 Å². The van der Waals surface area contributed by atoms with Crippen LogP contribution in [0.4, 0.5) is 11.4 Å².